The lowest BCUT2D eigenvalue weighted by molar-refractivity contribution is 0.977. The quantitative estimate of drug-likeness (QED) is 0.582. The molecule has 2 heteroatoms. The smallest absolute Gasteiger partial charge is 0.0999 e. The number of para-hydroxylation sites is 2. The molecule has 3 aromatic rings. The fourth-order valence-electron chi connectivity index (χ4n) is 2.91. The number of aryl methyl sites for hydroxylation is 2. The van der Waals surface area contributed by atoms with Crippen LogP contribution in [0.4, 0.5) is 16.4 Å². The summed E-state index contributed by atoms with van der Waals surface area (Å²) in [6, 6.07) is 21.8. The lowest BCUT2D eigenvalue weighted by Crippen LogP contribution is -2.09. The Morgan fingerprint density at radius 2 is 1.30 bits per heavy atom. The van der Waals surface area contributed by atoms with Gasteiger partial charge in [-0.25, -0.2) is 0 Å². The van der Waals surface area contributed by atoms with Crippen molar-refractivity contribution in [2.75, 3.05) is 4.90 Å². The largest absolute Gasteiger partial charge is 0.301 e. The van der Waals surface area contributed by atoms with Gasteiger partial charge in [0.1, 0.15) is 0 Å². The predicted molar refractivity (Wildman–Crippen MR) is 86.4 cm³/mol. The first-order valence-electron chi connectivity index (χ1n) is 6.93. The van der Waals surface area contributed by atoms with E-state index in [4.69, 9.17) is 0 Å². The molecule has 0 N–H and O–H groups in total. The molecule has 1 aliphatic rings. The molecular formula is C18H15NS. The van der Waals surface area contributed by atoms with E-state index in [-0.39, 0.29) is 0 Å². The van der Waals surface area contributed by atoms with Crippen LogP contribution in [-0.2, 0) is 12.8 Å². The molecular weight excluding hydrogens is 262 g/mol. The number of fused-ring (bicyclic) bond motifs is 2. The molecule has 0 spiro atoms. The molecule has 4 rings (SSSR count). The molecule has 2 aromatic carbocycles. The van der Waals surface area contributed by atoms with E-state index < -0.39 is 0 Å². The standard InChI is InChI=1S/C18H15NS/c1-3-8-16-14(6-1)11-12-15-7-2-4-9-17(15)19(16)18-10-5-13-20-18/h1-10,13H,11-12H2. The second-order valence-corrected chi connectivity index (χ2v) is 5.97. The number of anilines is 3. The Hall–Kier alpha value is -2.06. The van der Waals surface area contributed by atoms with E-state index in [0.717, 1.165) is 12.8 Å². The fraction of sp³-hybridized carbons (Fsp3) is 0.111. The minimum absolute atomic E-state index is 1.11. The van der Waals surface area contributed by atoms with Gasteiger partial charge in [0.15, 0.2) is 0 Å². The molecule has 0 fully saturated rings. The van der Waals surface area contributed by atoms with Gasteiger partial charge in [0, 0.05) is 0 Å². The monoisotopic (exact) mass is 277 g/mol. The van der Waals surface area contributed by atoms with E-state index >= 15 is 0 Å². The van der Waals surface area contributed by atoms with Crippen LogP contribution < -0.4 is 4.90 Å². The van der Waals surface area contributed by atoms with E-state index in [0.29, 0.717) is 0 Å². The van der Waals surface area contributed by atoms with E-state index in [1.807, 2.05) is 0 Å². The van der Waals surface area contributed by atoms with Crippen molar-refractivity contribution < 1.29 is 0 Å². The van der Waals surface area contributed by atoms with Crippen molar-refractivity contribution in [3.63, 3.8) is 0 Å². The van der Waals surface area contributed by atoms with Gasteiger partial charge in [0.05, 0.1) is 16.4 Å². The summed E-state index contributed by atoms with van der Waals surface area (Å²) in [4.78, 5) is 2.41. The number of benzene rings is 2. The van der Waals surface area contributed by atoms with E-state index in [2.05, 4.69) is 70.9 Å². The van der Waals surface area contributed by atoms with Gasteiger partial charge in [0.25, 0.3) is 0 Å². The van der Waals surface area contributed by atoms with Crippen LogP contribution in [0.1, 0.15) is 11.1 Å². The zero-order chi connectivity index (χ0) is 13.4. The van der Waals surface area contributed by atoms with Gasteiger partial charge in [-0.2, -0.15) is 0 Å². The van der Waals surface area contributed by atoms with Crippen LogP contribution in [0, 0.1) is 0 Å². The molecule has 2 heterocycles. The average Bonchev–Trinajstić information content (AvgIpc) is 2.96. The third-order valence-electron chi connectivity index (χ3n) is 3.86. The van der Waals surface area contributed by atoms with Crippen molar-refractivity contribution >= 4 is 27.7 Å². The summed E-state index contributed by atoms with van der Waals surface area (Å²) in [5.41, 5.74) is 5.49. The summed E-state index contributed by atoms with van der Waals surface area (Å²) in [6.45, 7) is 0. The summed E-state index contributed by atoms with van der Waals surface area (Å²) < 4.78 is 0. The van der Waals surface area contributed by atoms with E-state index in [1.165, 1.54) is 27.5 Å². The molecule has 0 aliphatic carbocycles. The first-order chi connectivity index (χ1) is 9.93. The van der Waals surface area contributed by atoms with Gasteiger partial charge in [-0.1, -0.05) is 36.4 Å². The Balaban J connectivity index is 1.99. The Labute approximate surface area is 123 Å². The van der Waals surface area contributed by atoms with Crippen LogP contribution in [0.5, 0.6) is 0 Å². The van der Waals surface area contributed by atoms with Crippen LogP contribution in [0.25, 0.3) is 0 Å². The van der Waals surface area contributed by atoms with Crippen LogP contribution >= 0.6 is 11.3 Å². The summed E-state index contributed by atoms with van der Waals surface area (Å²) >= 11 is 1.79. The highest BCUT2D eigenvalue weighted by molar-refractivity contribution is 7.14. The van der Waals surface area contributed by atoms with Crippen LogP contribution in [0.3, 0.4) is 0 Å². The number of hydrogen-bond donors (Lipinski definition) is 0. The Bertz CT molecular complexity index is 683. The second-order valence-electron chi connectivity index (χ2n) is 5.04. The normalized spacial score (nSPS) is 13.5. The first kappa shape index (κ1) is 11.7. The van der Waals surface area contributed by atoms with Crippen molar-refractivity contribution in [2.45, 2.75) is 12.8 Å². The van der Waals surface area contributed by atoms with Crippen LogP contribution in [0.15, 0.2) is 66.0 Å². The Morgan fingerprint density at radius 3 is 1.85 bits per heavy atom. The zero-order valence-electron chi connectivity index (χ0n) is 11.1. The zero-order valence-corrected chi connectivity index (χ0v) is 11.9. The maximum Gasteiger partial charge on any atom is 0.0999 e. The molecule has 0 saturated carbocycles. The maximum absolute atomic E-state index is 2.41. The van der Waals surface area contributed by atoms with Crippen LogP contribution in [-0.4, -0.2) is 0 Å². The lowest BCUT2D eigenvalue weighted by Gasteiger charge is -2.25. The summed E-state index contributed by atoms with van der Waals surface area (Å²) in [5, 5.41) is 3.43. The number of hydrogen-bond acceptors (Lipinski definition) is 2. The van der Waals surface area contributed by atoms with Crippen LogP contribution in [0.2, 0.25) is 0 Å². The molecule has 0 atom stereocenters. The molecule has 1 nitrogen and oxygen atoms in total. The molecule has 20 heavy (non-hydrogen) atoms. The molecule has 1 aliphatic heterocycles. The molecule has 98 valence electrons. The lowest BCUT2D eigenvalue weighted by atomic mass is 10.0. The topological polar surface area (TPSA) is 3.24 Å². The summed E-state index contributed by atoms with van der Waals surface area (Å²) in [5.74, 6) is 0. The Kier molecular flexibility index (Phi) is 2.82. The highest BCUT2D eigenvalue weighted by Gasteiger charge is 2.21. The third-order valence-corrected chi connectivity index (χ3v) is 4.71. The van der Waals surface area contributed by atoms with Gasteiger partial charge in [-0.3, -0.25) is 0 Å². The van der Waals surface area contributed by atoms with Crippen molar-refractivity contribution in [2.24, 2.45) is 0 Å². The molecule has 0 unspecified atom stereocenters. The minimum Gasteiger partial charge on any atom is -0.301 e. The van der Waals surface area contributed by atoms with Gasteiger partial charge < -0.3 is 4.90 Å². The number of nitrogens with zero attached hydrogens (tertiary/aromatic N) is 1. The highest BCUT2D eigenvalue weighted by atomic mass is 32.1. The summed E-state index contributed by atoms with van der Waals surface area (Å²) in [6.07, 6.45) is 2.21. The van der Waals surface area contributed by atoms with Crippen molar-refractivity contribution in [1.29, 1.82) is 0 Å². The van der Waals surface area contributed by atoms with Gasteiger partial charge >= 0.3 is 0 Å². The maximum atomic E-state index is 2.41. The molecule has 0 saturated heterocycles. The highest BCUT2D eigenvalue weighted by Crippen LogP contribution is 2.42. The van der Waals surface area contributed by atoms with Gasteiger partial charge in [0.2, 0.25) is 0 Å². The van der Waals surface area contributed by atoms with Crippen molar-refractivity contribution in [3.8, 4) is 0 Å². The SMILES string of the molecule is c1csc(N2c3ccccc3CCc3ccccc32)c1. The van der Waals surface area contributed by atoms with Crippen molar-refractivity contribution in [3.05, 3.63) is 77.2 Å². The average molecular weight is 277 g/mol. The molecule has 0 bridgehead atoms. The third kappa shape index (κ3) is 1.84. The first-order valence-corrected chi connectivity index (χ1v) is 7.81. The van der Waals surface area contributed by atoms with Gasteiger partial charge in [-0.05, 0) is 53.6 Å². The Morgan fingerprint density at radius 1 is 0.700 bits per heavy atom. The van der Waals surface area contributed by atoms with E-state index in [1.54, 1.807) is 11.3 Å². The summed E-state index contributed by atoms with van der Waals surface area (Å²) in [7, 11) is 0. The molecule has 0 amide bonds. The molecule has 0 radical (unpaired) electrons. The van der Waals surface area contributed by atoms with E-state index in [9.17, 15) is 0 Å². The van der Waals surface area contributed by atoms with Gasteiger partial charge in [-0.15, -0.1) is 11.3 Å². The number of rotatable bonds is 1. The predicted octanol–water partition coefficient (Wildman–Crippen LogP) is 5.32. The minimum atomic E-state index is 1.11. The fourth-order valence-corrected chi connectivity index (χ4v) is 3.67. The number of thiophene rings is 1. The molecule has 1 aromatic heterocycles. The second kappa shape index (κ2) is 4.80. The van der Waals surface area contributed by atoms with Crippen molar-refractivity contribution in [1.82, 2.24) is 0 Å².